The van der Waals surface area contributed by atoms with Gasteiger partial charge < -0.3 is 10.3 Å². The molecule has 21 heavy (non-hydrogen) atoms. The van der Waals surface area contributed by atoms with Crippen molar-refractivity contribution in [2.45, 2.75) is 13.0 Å². The van der Waals surface area contributed by atoms with Crippen LogP contribution in [0.3, 0.4) is 0 Å². The molecule has 1 unspecified atom stereocenters. The normalized spacial score (nSPS) is 12.3. The Labute approximate surface area is 121 Å². The molecule has 0 aliphatic heterocycles. The Morgan fingerprint density at radius 3 is 2.76 bits per heavy atom. The summed E-state index contributed by atoms with van der Waals surface area (Å²) in [5, 5.41) is 3.70. The third-order valence-electron chi connectivity index (χ3n) is 3.56. The number of hydrogen-bond acceptors (Lipinski definition) is 1. The molecule has 1 amide bonds. The molecule has 0 fully saturated rings. The molecule has 0 radical (unpaired) electrons. The SMILES string of the molecule is CC(NC(=O)c1cccc2[nH]ccc12)c1ccccc1F. The summed E-state index contributed by atoms with van der Waals surface area (Å²) in [5.41, 5.74) is 1.96. The monoisotopic (exact) mass is 282 g/mol. The summed E-state index contributed by atoms with van der Waals surface area (Å²) in [5.74, 6) is -0.527. The van der Waals surface area contributed by atoms with Crippen molar-refractivity contribution in [2.75, 3.05) is 0 Å². The van der Waals surface area contributed by atoms with Gasteiger partial charge in [0.15, 0.2) is 0 Å². The fourth-order valence-electron chi connectivity index (χ4n) is 2.46. The summed E-state index contributed by atoms with van der Waals surface area (Å²) in [6.45, 7) is 1.77. The first-order chi connectivity index (χ1) is 10.2. The van der Waals surface area contributed by atoms with E-state index in [-0.39, 0.29) is 11.7 Å². The predicted octanol–water partition coefficient (Wildman–Crippen LogP) is 3.80. The quantitative estimate of drug-likeness (QED) is 0.754. The minimum atomic E-state index is -0.395. The highest BCUT2D eigenvalue weighted by Crippen LogP contribution is 2.20. The van der Waals surface area contributed by atoms with E-state index in [2.05, 4.69) is 10.3 Å². The van der Waals surface area contributed by atoms with Crippen LogP contribution >= 0.6 is 0 Å². The summed E-state index contributed by atoms with van der Waals surface area (Å²) in [6.07, 6.45) is 1.79. The Morgan fingerprint density at radius 2 is 1.95 bits per heavy atom. The van der Waals surface area contributed by atoms with E-state index in [1.165, 1.54) is 6.07 Å². The topological polar surface area (TPSA) is 44.9 Å². The number of hydrogen-bond donors (Lipinski definition) is 2. The van der Waals surface area contributed by atoms with Crippen molar-refractivity contribution in [1.29, 1.82) is 0 Å². The first-order valence-electron chi connectivity index (χ1n) is 6.78. The van der Waals surface area contributed by atoms with Crippen molar-refractivity contribution in [1.82, 2.24) is 10.3 Å². The second-order valence-electron chi connectivity index (χ2n) is 4.96. The van der Waals surface area contributed by atoms with Crippen LogP contribution in [0.25, 0.3) is 10.9 Å². The zero-order chi connectivity index (χ0) is 14.8. The van der Waals surface area contributed by atoms with Crippen molar-refractivity contribution in [2.24, 2.45) is 0 Å². The lowest BCUT2D eigenvalue weighted by atomic mass is 10.1. The maximum Gasteiger partial charge on any atom is 0.252 e. The zero-order valence-corrected chi connectivity index (χ0v) is 11.6. The summed E-state index contributed by atoms with van der Waals surface area (Å²) >= 11 is 0. The number of rotatable bonds is 3. The van der Waals surface area contributed by atoms with Crippen LogP contribution in [0.2, 0.25) is 0 Å². The Balaban J connectivity index is 1.87. The number of halogens is 1. The van der Waals surface area contributed by atoms with Gasteiger partial charge in [-0.05, 0) is 31.2 Å². The molecule has 0 bridgehead atoms. The van der Waals surface area contributed by atoms with Gasteiger partial charge in [0.05, 0.1) is 6.04 Å². The van der Waals surface area contributed by atoms with Gasteiger partial charge in [0, 0.05) is 28.2 Å². The molecule has 3 rings (SSSR count). The molecular weight excluding hydrogens is 267 g/mol. The van der Waals surface area contributed by atoms with Crippen molar-refractivity contribution >= 4 is 16.8 Å². The lowest BCUT2D eigenvalue weighted by molar-refractivity contribution is 0.0941. The summed E-state index contributed by atoms with van der Waals surface area (Å²) in [7, 11) is 0. The van der Waals surface area contributed by atoms with Crippen LogP contribution < -0.4 is 5.32 Å². The molecule has 2 N–H and O–H groups in total. The second-order valence-corrected chi connectivity index (χ2v) is 4.96. The zero-order valence-electron chi connectivity index (χ0n) is 11.6. The second kappa shape index (κ2) is 5.40. The minimum absolute atomic E-state index is 0.212. The fraction of sp³-hybridized carbons (Fsp3) is 0.118. The van der Waals surface area contributed by atoms with E-state index in [1.807, 2.05) is 18.2 Å². The molecular formula is C17H15FN2O. The molecule has 3 nitrogen and oxygen atoms in total. The largest absolute Gasteiger partial charge is 0.361 e. The first-order valence-corrected chi connectivity index (χ1v) is 6.78. The van der Waals surface area contributed by atoms with Gasteiger partial charge in [-0.3, -0.25) is 4.79 Å². The number of carbonyl (C=O) groups is 1. The maximum atomic E-state index is 13.7. The summed E-state index contributed by atoms with van der Waals surface area (Å²) in [6, 6.07) is 13.4. The highest BCUT2D eigenvalue weighted by Gasteiger charge is 2.16. The smallest absolute Gasteiger partial charge is 0.252 e. The van der Waals surface area contributed by atoms with Crippen molar-refractivity contribution in [3.8, 4) is 0 Å². The summed E-state index contributed by atoms with van der Waals surface area (Å²) < 4.78 is 13.7. The average molecular weight is 282 g/mol. The van der Waals surface area contributed by atoms with Crippen molar-refractivity contribution in [3.05, 3.63) is 71.7 Å². The molecule has 0 saturated heterocycles. The number of aromatic nitrogens is 1. The van der Waals surface area contributed by atoms with Crippen LogP contribution in [0.4, 0.5) is 4.39 Å². The van der Waals surface area contributed by atoms with Crippen LogP contribution in [0.1, 0.15) is 28.9 Å². The number of benzene rings is 2. The van der Waals surface area contributed by atoms with Gasteiger partial charge in [0.2, 0.25) is 0 Å². The third-order valence-corrected chi connectivity index (χ3v) is 3.56. The molecule has 1 heterocycles. The van der Waals surface area contributed by atoms with Crippen molar-refractivity contribution in [3.63, 3.8) is 0 Å². The van der Waals surface area contributed by atoms with Crippen LogP contribution in [0.15, 0.2) is 54.7 Å². The van der Waals surface area contributed by atoms with Gasteiger partial charge in [-0.25, -0.2) is 4.39 Å². The van der Waals surface area contributed by atoms with Gasteiger partial charge in [0.1, 0.15) is 5.82 Å². The Kier molecular flexibility index (Phi) is 3.44. The standard InChI is InChI=1S/C17H15FN2O/c1-11(12-5-2-3-7-15(12)18)20-17(21)14-6-4-8-16-13(14)9-10-19-16/h2-11,19H,1H3,(H,20,21). The maximum absolute atomic E-state index is 13.7. The van der Waals surface area contributed by atoms with Crippen molar-refractivity contribution < 1.29 is 9.18 Å². The van der Waals surface area contributed by atoms with Crippen LogP contribution in [-0.4, -0.2) is 10.9 Å². The number of nitrogens with one attached hydrogen (secondary N) is 2. The molecule has 0 aliphatic carbocycles. The Morgan fingerprint density at radius 1 is 1.14 bits per heavy atom. The predicted molar refractivity (Wildman–Crippen MR) is 80.6 cm³/mol. The number of amides is 1. The van der Waals surface area contributed by atoms with Gasteiger partial charge in [-0.2, -0.15) is 0 Å². The van der Waals surface area contributed by atoms with E-state index in [0.29, 0.717) is 11.1 Å². The van der Waals surface area contributed by atoms with Crippen LogP contribution in [0, 0.1) is 5.82 Å². The lowest BCUT2D eigenvalue weighted by Crippen LogP contribution is -2.27. The average Bonchev–Trinajstić information content (AvgIpc) is 2.95. The van der Waals surface area contributed by atoms with Crippen LogP contribution in [-0.2, 0) is 0 Å². The molecule has 106 valence electrons. The van der Waals surface area contributed by atoms with E-state index >= 15 is 0 Å². The van der Waals surface area contributed by atoms with Gasteiger partial charge >= 0.3 is 0 Å². The number of carbonyl (C=O) groups excluding carboxylic acids is 1. The summed E-state index contributed by atoms with van der Waals surface area (Å²) in [4.78, 5) is 15.5. The molecule has 0 aliphatic rings. The Hall–Kier alpha value is -2.62. The van der Waals surface area contributed by atoms with Gasteiger partial charge in [0.25, 0.3) is 5.91 Å². The minimum Gasteiger partial charge on any atom is -0.361 e. The highest BCUT2D eigenvalue weighted by molar-refractivity contribution is 6.06. The molecule has 1 aromatic heterocycles. The Bertz CT molecular complexity index is 794. The molecule has 0 saturated carbocycles. The van der Waals surface area contributed by atoms with E-state index in [4.69, 9.17) is 0 Å². The van der Waals surface area contributed by atoms with E-state index in [0.717, 1.165) is 10.9 Å². The molecule has 3 aromatic rings. The van der Waals surface area contributed by atoms with E-state index < -0.39 is 6.04 Å². The molecule has 2 aromatic carbocycles. The number of H-pyrrole nitrogens is 1. The van der Waals surface area contributed by atoms with Gasteiger partial charge in [-0.1, -0.05) is 24.3 Å². The molecule has 0 spiro atoms. The first kappa shape index (κ1) is 13.4. The highest BCUT2D eigenvalue weighted by atomic mass is 19.1. The lowest BCUT2D eigenvalue weighted by Gasteiger charge is -2.15. The third kappa shape index (κ3) is 2.52. The van der Waals surface area contributed by atoms with E-state index in [1.54, 1.807) is 37.4 Å². The van der Waals surface area contributed by atoms with E-state index in [9.17, 15) is 9.18 Å². The number of fused-ring (bicyclic) bond motifs is 1. The molecule has 4 heteroatoms. The molecule has 1 atom stereocenters. The van der Waals surface area contributed by atoms with Crippen LogP contribution in [0.5, 0.6) is 0 Å². The fourth-order valence-corrected chi connectivity index (χ4v) is 2.46. The van der Waals surface area contributed by atoms with Gasteiger partial charge in [-0.15, -0.1) is 0 Å². The number of aromatic amines is 1.